The maximum Gasteiger partial charge on any atom is 0.158 e. The molecule has 0 aliphatic carbocycles. The van der Waals surface area contributed by atoms with Crippen LogP contribution in [0.1, 0.15) is 44.7 Å². The Morgan fingerprint density at radius 3 is 2.40 bits per heavy atom. The van der Waals surface area contributed by atoms with Crippen LogP contribution < -0.4 is 5.32 Å². The minimum atomic E-state index is -3.14. The van der Waals surface area contributed by atoms with E-state index in [1.807, 2.05) is 45.0 Å². The molecule has 3 nitrogen and oxygen atoms in total. The number of nitrogens with one attached hydrogen (secondary N) is 1. The summed E-state index contributed by atoms with van der Waals surface area (Å²) in [6.07, 6.45) is 1.84. The van der Waals surface area contributed by atoms with Gasteiger partial charge in [0, 0.05) is 6.04 Å². The Morgan fingerprint density at radius 1 is 1.20 bits per heavy atom. The topological polar surface area (TPSA) is 46.2 Å². The molecular formula is C16H27NO2S. The molecule has 114 valence electrons. The summed E-state index contributed by atoms with van der Waals surface area (Å²) >= 11 is 0. The van der Waals surface area contributed by atoms with Crippen molar-refractivity contribution in [3.8, 4) is 0 Å². The fourth-order valence-corrected chi connectivity index (χ4v) is 4.15. The van der Waals surface area contributed by atoms with Gasteiger partial charge in [-0.3, -0.25) is 0 Å². The molecule has 0 amide bonds. The molecule has 0 spiro atoms. The number of sulfone groups is 1. The van der Waals surface area contributed by atoms with Crippen molar-refractivity contribution in [2.45, 2.75) is 57.6 Å². The van der Waals surface area contributed by atoms with Gasteiger partial charge in [-0.15, -0.1) is 0 Å². The first-order chi connectivity index (χ1) is 9.42. The second-order valence-electron chi connectivity index (χ2n) is 5.41. The monoisotopic (exact) mass is 297 g/mol. The van der Waals surface area contributed by atoms with Crippen LogP contribution in [-0.2, 0) is 15.6 Å². The quantitative estimate of drug-likeness (QED) is 0.802. The third-order valence-corrected chi connectivity index (χ3v) is 6.02. The van der Waals surface area contributed by atoms with E-state index in [0.29, 0.717) is 0 Å². The van der Waals surface area contributed by atoms with Crippen LogP contribution in [0.15, 0.2) is 24.3 Å². The van der Waals surface area contributed by atoms with E-state index in [-0.39, 0.29) is 17.0 Å². The molecule has 1 aromatic rings. The molecule has 0 aliphatic heterocycles. The van der Waals surface area contributed by atoms with Crippen LogP contribution in [-0.4, -0.2) is 26.3 Å². The van der Waals surface area contributed by atoms with E-state index in [1.54, 1.807) is 0 Å². The average Bonchev–Trinajstić information content (AvgIpc) is 2.42. The predicted molar refractivity (Wildman–Crippen MR) is 85.6 cm³/mol. The second-order valence-corrected chi connectivity index (χ2v) is 7.77. The molecule has 0 aromatic heterocycles. The minimum absolute atomic E-state index is 0.0315. The Labute approximate surface area is 123 Å². The van der Waals surface area contributed by atoms with Crippen molar-refractivity contribution in [3.63, 3.8) is 0 Å². The highest BCUT2D eigenvalue weighted by Gasteiger charge is 2.28. The summed E-state index contributed by atoms with van der Waals surface area (Å²) in [4.78, 5) is 0. The van der Waals surface area contributed by atoms with Crippen molar-refractivity contribution in [2.75, 3.05) is 6.54 Å². The fraction of sp³-hybridized carbons (Fsp3) is 0.625. The van der Waals surface area contributed by atoms with Gasteiger partial charge < -0.3 is 5.32 Å². The molecular weight excluding hydrogens is 270 g/mol. The van der Waals surface area contributed by atoms with Crippen molar-refractivity contribution >= 4 is 9.84 Å². The van der Waals surface area contributed by atoms with E-state index in [1.165, 1.54) is 0 Å². The fourth-order valence-electron chi connectivity index (χ4n) is 2.34. The first-order valence-corrected chi connectivity index (χ1v) is 9.13. The lowest BCUT2D eigenvalue weighted by molar-refractivity contribution is 0.471. The second kappa shape index (κ2) is 7.79. The van der Waals surface area contributed by atoms with Gasteiger partial charge >= 0.3 is 0 Å². The molecule has 0 saturated carbocycles. The molecule has 2 atom stereocenters. The Morgan fingerprint density at radius 2 is 1.85 bits per heavy atom. The molecule has 0 fully saturated rings. The Balaban J connectivity index is 2.84. The largest absolute Gasteiger partial charge is 0.313 e. The summed E-state index contributed by atoms with van der Waals surface area (Å²) in [6.45, 7) is 8.77. The van der Waals surface area contributed by atoms with Gasteiger partial charge in [-0.1, -0.05) is 38.1 Å². The smallest absolute Gasteiger partial charge is 0.158 e. The van der Waals surface area contributed by atoms with E-state index in [4.69, 9.17) is 0 Å². The highest BCUT2D eigenvalue weighted by atomic mass is 32.2. The molecule has 1 aromatic carbocycles. The lowest BCUT2D eigenvalue weighted by Crippen LogP contribution is -2.42. The van der Waals surface area contributed by atoms with Crippen LogP contribution in [0.5, 0.6) is 0 Å². The Kier molecular flexibility index (Phi) is 6.69. The first-order valence-electron chi connectivity index (χ1n) is 7.41. The van der Waals surface area contributed by atoms with Crippen LogP contribution in [0.25, 0.3) is 0 Å². The Hall–Kier alpha value is -0.870. The summed E-state index contributed by atoms with van der Waals surface area (Å²) in [6, 6.07) is 7.73. The highest BCUT2D eigenvalue weighted by Crippen LogP contribution is 2.18. The highest BCUT2D eigenvalue weighted by molar-refractivity contribution is 7.91. The average molecular weight is 297 g/mol. The van der Waals surface area contributed by atoms with Gasteiger partial charge in [0.1, 0.15) is 0 Å². The van der Waals surface area contributed by atoms with Crippen molar-refractivity contribution in [1.82, 2.24) is 5.32 Å². The molecule has 1 rings (SSSR count). The predicted octanol–water partition coefficient (Wildman–Crippen LogP) is 3.08. The number of hydrogen-bond acceptors (Lipinski definition) is 3. The molecule has 0 aliphatic rings. The molecule has 2 unspecified atom stereocenters. The van der Waals surface area contributed by atoms with Crippen LogP contribution in [0.3, 0.4) is 0 Å². The third-order valence-electron chi connectivity index (χ3n) is 3.85. The summed E-state index contributed by atoms with van der Waals surface area (Å²) in [5.74, 6) is 0.130. The maximum atomic E-state index is 12.6. The van der Waals surface area contributed by atoms with E-state index in [0.717, 1.165) is 30.5 Å². The zero-order valence-electron chi connectivity index (χ0n) is 13.0. The minimum Gasteiger partial charge on any atom is -0.313 e. The molecule has 20 heavy (non-hydrogen) atoms. The van der Waals surface area contributed by atoms with E-state index in [2.05, 4.69) is 12.2 Å². The van der Waals surface area contributed by atoms with Gasteiger partial charge in [0.05, 0.1) is 11.0 Å². The zero-order chi connectivity index (χ0) is 15.2. The number of benzene rings is 1. The van der Waals surface area contributed by atoms with Crippen molar-refractivity contribution in [2.24, 2.45) is 0 Å². The van der Waals surface area contributed by atoms with E-state index in [9.17, 15) is 8.42 Å². The van der Waals surface area contributed by atoms with Crippen molar-refractivity contribution in [3.05, 3.63) is 35.4 Å². The third kappa shape index (κ3) is 4.60. The normalized spacial score (nSPS) is 15.0. The van der Waals surface area contributed by atoms with Crippen LogP contribution in [0.2, 0.25) is 0 Å². The van der Waals surface area contributed by atoms with E-state index >= 15 is 0 Å². The standard InChI is InChI=1S/C16H27NO2S/c1-5-11-17-16(6-2)14(4)20(18,19)12-15-10-8-7-9-13(15)3/h7-10,14,16-17H,5-6,11-12H2,1-4H3. The van der Waals surface area contributed by atoms with Gasteiger partial charge in [0.2, 0.25) is 0 Å². The molecule has 0 bridgehead atoms. The molecule has 4 heteroatoms. The van der Waals surface area contributed by atoms with Crippen LogP contribution in [0, 0.1) is 6.92 Å². The number of aryl methyl sites for hydroxylation is 1. The van der Waals surface area contributed by atoms with E-state index < -0.39 is 9.84 Å². The summed E-state index contributed by atoms with van der Waals surface area (Å²) in [5.41, 5.74) is 1.95. The molecule has 0 heterocycles. The molecule has 0 radical (unpaired) electrons. The Bertz CT molecular complexity index is 511. The molecule has 1 N–H and O–H groups in total. The van der Waals surface area contributed by atoms with Gasteiger partial charge in [-0.25, -0.2) is 8.42 Å². The van der Waals surface area contributed by atoms with Gasteiger partial charge in [-0.05, 0) is 44.4 Å². The number of rotatable bonds is 8. The number of hydrogen-bond donors (Lipinski definition) is 1. The van der Waals surface area contributed by atoms with Gasteiger partial charge in [0.25, 0.3) is 0 Å². The van der Waals surface area contributed by atoms with Gasteiger partial charge in [0.15, 0.2) is 9.84 Å². The SMILES string of the molecule is CCCNC(CC)C(C)S(=O)(=O)Cc1ccccc1C. The van der Waals surface area contributed by atoms with Crippen molar-refractivity contribution < 1.29 is 8.42 Å². The lowest BCUT2D eigenvalue weighted by atomic mass is 10.1. The van der Waals surface area contributed by atoms with Crippen molar-refractivity contribution in [1.29, 1.82) is 0 Å². The maximum absolute atomic E-state index is 12.6. The summed E-state index contributed by atoms with van der Waals surface area (Å²) < 4.78 is 25.2. The zero-order valence-corrected chi connectivity index (χ0v) is 13.8. The summed E-state index contributed by atoms with van der Waals surface area (Å²) in [5, 5.41) is 2.98. The lowest BCUT2D eigenvalue weighted by Gasteiger charge is -2.24. The summed E-state index contributed by atoms with van der Waals surface area (Å²) in [7, 11) is -3.14. The molecule has 0 saturated heterocycles. The van der Waals surface area contributed by atoms with Gasteiger partial charge in [-0.2, -0.15) is 0 Å². The van der Waals surface area contributed by atoms with Crippen LogP contribution >= 0.6 is 0 Å². The first kappa shape index (κ1) is 17.2. The van der Waals surface area contributed by atoms with Crippen LogP contribution in [0.4, 0.5) is 0 Å².